The molecule has 7 heteroatoms. The Morgan fingerprint density at radius 3 is 2.57 bits per heavy atom. The zero-order chi connectivity index (χ0) is 20.8. The minimum absolute atomic E-state index is 0.0341. The van der Waals surface area contributed by atoms with Gasteiger partial charge in [-0.2, -0.15) is 0 Å². The summed E-state index contributed by atoms with van der Waals surface area (Å²) < 4.78 is 5.44. The van der Waals surface area contributed by atoms with Crippen LogP contribution in [0, 0.1) is 0 Å². The molecule has 0 saturated carbocycles. The molecule has 5 nitrogen and oxygen atoms in total. The number of nitrogens with zero attached hydrogens (tertiary/aromatic N) is 1. The lowest BCUT2D eigenvalue weighted by Crippen LogP contribution is -2.32. The van der Waals surface area contributed by atoms with Crippen LogP contribution in [0.1, 0.15) is 33.0 Å². The van der Waals surface area contributed by atoms with Crippen LogP contribution in [0.2, 0.25) is 0 Å². The molecule has 4 rings (SSSR count). The molecule has 3 aromatic rings. The molecule has 2 aromatic heterocycles. The second-order valence-corrected chi connectivity index (χ2v) is 9.27. The fraction of sp³-hybridized carbons (Fsp3) is 0.304. The lowest BCUT2D eigenvalue weighted by Gasteiger charge is -2.22. The summed E-state index contributed by atoms with van der Waals surface area (Å²) in [5, 5.41) is 6.97. The molecule has 1 fully saturated rings. The first-order valence-corrected chi connectivity index (χ1v) is 11.8. The molecule has 1 aromatic carbocycles. The van der Waals surface area contributed by atoms with Crippen molar-refractivity contribution in [1.29, 1.82) is 0 Å². The zero-order valence-corrected chi connectivity index (χ0v) is 18.2. The second-order valence-electron chi connectivity index (χ2n) is 7.21. The summed E-state index contributed by atoms with van der Waals surface area (Å²) in [7, 11) is 0. The summed E-state index contributed by atoms with van der Waals surface area (Å²) in [6.07, 6.45) is 2.07. The number of amides is 2. The highest BCUT2D eigenvalue weighted by Crippen LogP contribution is 2.20. The number of thiophene rings is 2. The number of nitrogens with one attached hydrogen (secondary N) is 1. The molecule has 1 aliphatic rings. The van der Waals surface area contributed by atoms with Gasteiger partial charge in [0.2, 0.25) is 0 Å². The molecule has 0 unspecified atom stereocenters. The second kappa shape index (κ2) is 10.0. The van der Waals surface area contributed by atoms with Gasteiger partial charge in [-0.1, -0.05) is 18.2 Å². The summed E-state index contributed by atoms with van der Waals surface area (Å²) in [6.45, 7) is 1.84. The topological polar surface area (TPSA) is 58.6 Å². The van der Waals surface area contributed by atoms with Gasteiger partial charge in [0.05, 0.1) is 6.54 Å². The van der Waals surface area contributed by atoms with Gasteiger partial charge in [-0.05, 0) is 60.4 Å². The van der Waals surface area contributed by atoms with Crippen molar-refractivity contribution < 1.29 is 14.3 Å². The maximum Gasteiger partial charge on any atom is 0.254 e. The van der Waals surface area contributed by atoms with Crippen molar-refractivity contribution in [3.05, 3.63) is 74.6 Å². The Morgan fingerprint density at radius 2 is 1.87 bits per heavy atom. The van der Waals surface area contributed by atoms with Crippen molar-refractivity contribution in [2.45, 2.75) is 31.9 Å². The quantitative estimate of drug-likeness (QED) is 0.547. The van der Waals surface area contributed by atoms with E-state index in [1.165, 1.54) is 4.88 Å². The third-order valence-electron chi connectivity index (χ3n) is 5.02. The first-order valence-electron chi connectivity index (χ1n) is 10.1. The van der Waals surface area contributed by atoms with Gasteiger partial charge in [-0.3, -0.25) is 9.59 Å². The van der Waals surface area contributed by atoms with Crippen molar-refractivity contribution in [3.8, 4) is 0 Å². The van der Waals surface area contributed by atoms with Crippen LogP contribution in [0.15, 0.2) is 59.3 Å². The molecular formula is C23H24N2O3S2. The average Bonchev–Trinajstić information content (AvgIpc) is 3.54. The van der Waals surface area contributed by atoms with Crippen LogP contribution in [0.25, 0.3) is 0 Å². The van der Waals surface area contributed by atoms with Crippen molar-refractivity contribution in [2.24, 2.45) is 0 Å². The number of ether oxygens (including phenoxy) is 1. The van der Waals surface area contributed by atoms with E-state index in [1.807, 2.05) is 28.5 Å². The Labute approximate surface area is 184 Å². The minimum atomic E-state index is -0.398. The van der Waals surface area contributed by atoms with E-state index in [1.54, 1.807) is 46.9 Å². The summed E-state index contributed by atoms with van der Waals surface area (Å²) >= 11 is 3.36. The largest absolute Gasteiger partial charge is 0.368 e. The molecule has 0 bridgehead atoms. The van der Waals surface area contributed by atoms with E-state index in [9.17, 15) is 9.59 Å². The zero-order valence-electron chi connectivity index (χ0n) is 16.6. The van der Waals surface area contributed by atoms with Gasteiger partial charge < -0.3 is 15.0 Å². The van der Waals surface area contributed by atoms with Gasteiger partial charge in [-0.25, -0.2) is 0 Å². The molecule has 3 heterocycles. The summed E-state index contributed by atoms with van der Waals surface area (Å²) in [5.74, 6) is -0.182. The number of hydrogen-bond donors (Lipinski definition) is 1. The van der Waals surface area contributed by atoms with E-state index in [0.717, 1.165) is 24.1 Å². The Hall–Kier alpha value is -2.48. The number of rotatable bonds is 8. The summed E-state index contributed by atoms with van der Waals surface area (Å²) in [6, 6.07) is 15.3. The molecule has 1 atom stereocenters. The first-order chi connectivity index (χ1) is 14.7. The Bertz CT molecular complexity index is 964. The normalized spacial score (nSPS) is 15.8. The molecule has 1 N–H and O–H groups in total. The van der Waals surface area contributed by atoms with E-state index in [4.69, 9.17) is 4.74 Å². The predicted molar refractivity (Wildman–Crippen MR) is 121 cm³/mol. The van der Waals surface area contributed by atoms with Crippen LogP contribution in [0.5, 0.6) is 0 Å². The van der Waals surface area contributed by atoms with Crippen LogP contribution in [0.3, 0.4) is 0 Å². The van der Waals surface area contributed by atoms with Gasteiger partial charge in [0.1, 0.15) is 6.10 Å². The predicted octanol–water partition coefficient (Wildman–Crippen LogP) is 4.81. The van der Waals surface area contributed by atoms with Crippen LogP contribution in [-0.4, -0.2) is 36.0 Å². The van der Waals surface area contributed by atoms with E-state index in [-0.39, 0.29) is 11.8 Å². The van der Waals surface area contributed by atoms with Crippen molar-refractivity contribution in [3.63, 3.8) is 0 Å². The summed E-state index contributed by atoms with van der Waals surface area (Å²) in [4.78, 5) is 30.0. The Kier molecular flexibility index (Phi) is 6.94. The van der Waals surface area contributed by atoms with Crippen molar-refractivity contribution in [1.82, 2.24) is 4.90 Å². The van der Waals surface area contributed by atoms with Crippen LogP contribution in [-0.2, 0) is 22.5 Å². The molecular weight excluding hydrogens is 416 g/mol. The highest BCUT2D eigenvalue weighted by molar-refractivity contribution is 7.10. The van der Waals surface area contributed by atoms with E-state index >= 15 is 0 Å². The molecule has 30 heavy (non-hydrogen) atoms. The highest BCUT2D eigenvalue weighted by atomic mass is 32.1. The van der Waals surface area contributed by atoms with Gasteiger partial charge in [0, 0.05) is 34.2 Å². The van der Waals surface area contributed by atoms with Crippen LogP contribution in [0.4, 0.5) is 5.69 Å². The number of carbonyl (C=O) groups excluding carboxylic acids is 2. The third kappa shape index (κ3) is 5.36. The number of hydrogen-bond acceptors (Lipinski definition) is 5. The first kappa shape index (κ1) is 20.8. The molecule has 0 aliphatic carbocycles. The molecule has 156 valence electrons. The molecule has 1 saturated heterocycles. The SMILES string of the molecule is O=C(Nc1cccc(C(=O)N(CCc2cccs2)Cc2cccs2)c1)[C@@H]1CCCO1. The van der Waals surface area contributed by atoms with Gasteiger partial charge in [0.25, 0.3) is 11.8 Å². The molecule has 0 spiro atoms. The standard InChI is InChI=1S/C23H24N2O3S2/c26-22(21-9-2-12-28-21)24-18-6-1-5-17(15-18)23(27)25(16-20-8-4-14-30-20)11-10-19-7-3-13-29-19/h1,3-8,13-15,21H,2,9-12,16H2,(H,24,26)/t21-/m0/s1. The van der Waals surface area contributed by atoms with Crippen molar-refractivity contribution >= 4 is 40.2 Å². The lowest BCUT2D eigenvalue weighted by atomic mass is 10.1. The Balaban J connectivity index is 1.47. The number of anilines is 1. The van der Waals surface area contributed by atoms with Crippen molar-refractivity contribution in [2.75, 3.05) is 18.5 Å². The van der Waals surface area contributed by atoms with E-state index < -0.39 is 6.10 Å². The fourth-order valence-corrected chi connectivity index (χ4v) is 4.88. The maximum atomic E-state index is 13.3. The minimum Gasteiger partial charge on any atom is -0.368 e. The molecule has 1 aliphatic heterocycles. The smallest absolute Gasteiger partial charge is 0.254 e. The monoisotopic (exact) mass is 440 g/mol. The summed E-state index contributed by atoms with van der Waals surface area (Å²) in [5.41, 5.74) is 1.19. The number of benzene rings is 1. The number of carbonyl (C=O) groups is 2. The third-order valence-corrected chi connectivity index (χ3v) is 6.82. The highest BCUT2D eigenvalue weighted by Gasteiger charge is 2.24. The molecule has 2 amide bonds. The fourth-order valence-electron chi connectivity index (χ4n) is 3.46. The average molecular weight is 441 g/mol. The van der Waals surface area contributed by atoms with Crippen LogP contribution >= 0.6 is 22.7 Å². The molecule has 0 radical (unpaired) electrons. The Morgan fingerprint density at radius 1 is 1.07 bits per heavy atom. The van der Waals surface area contributed by atoms with Gasteiger partial charge >= 0.3 is 0 Å². The maximum absolute atomic E-state index is 13.3. The van der Waals surface area contributed by atoms with Crippen LogP contribution < -0.4 is 5.32 Å². The lowest BCUT2D eigenvalue weighted by molar-refractivity contribution is -0.124. The van der Waals surface area contributed by atoms with Gasteiger partial charge in [-0.15, -0.1) is 22.7 Å². The van der Waals surface area contributed by atoms with Gasteiger partial charge in [0.15, 0.2) is 0 Å². The van der Waals surface area contributed by atoms with E-state index in [2.05, 4.69) is 16.8 Å². The van der Waals surface area contributed by atoms with E-state index in [0.29, 0.717) is 30.9 Å².